The molecule has 2 heteroatoms. The average molecular weight is 684 g/mol. The Balaban J connectivity index is 1.61. The van der Waals surface area contributed by atoms with Gasteiger partial charge in [-0.2, -0.15) is 0 Å². The number of fused-ring (bicyclic) bond motifs is 4. The summed E-state index contributed by atoms with van der Waals surface area (Å²) in [7, 11) is 0. The van der Waals surface area contributed by atoms with Gasteiger partial charge in [0.05, 0.1) is 0 Å². The van der Waals surface area contributed by atoms with Crippen LogP contribution in [0.4, 0.5) is 0 Å². The summed E-state index contributed by atoms with van der Waals surface area (Å²) in [6.45, 7) is 14.0. The Morgan fingerprint density at radius 1 is 0.689 bits per heavy atom. The van der Waals surface area contributed by atoms with Crippen LogP contribution in [0.1, 0.15) is 85.0 Å². The predicted molar refractivity (Wildman–Crippen MR) is 192 cm³/mol. The molecule has 224 valence electrons. The fraction of sp³-hybridized carbons (Fsp3) is 0.233. The van der Waals surface area contributed by atoms with Gasteiger partial charge in [0, 0.05) is 0 Å². The summed E-state index contributed by atoms with van der Waals surface area (Å²) in [6.07, 6.45) is 8.15. The van der Waals surface area contributed by atoms with Gasteiger partial charge < -0.3 is 0 Å². The van der Waals surface area contributed by atoms with E-state index in [1.54, 1.807) is 6.49 Å². The molecule has 0 unspecified atom stereocenters. The minimum atomic E-state index is -2.81. The zero-order valence-electron chi connectivity index (χ0n) is 27.2. The topological polar surface area (TPSA) is 0 Å². The Morgan fingerprint density at radius 3 is 1.87 bits per heavy atom. The summed E-state index contributed by atoms with van der Waals surface area (Å²) in [5.74, 6) is 0. The van der Waals surface area contributed by atoms with Gasteiger partial charge in [0.15, 0.2) is 0 Å². The number of allylic oxidation sites excluding steroid dienone is 4. The number of hydrogen-bond donors (Lipinski definition) is 0. The molecule has 0 spiro atoms. The third-order valence-electron chi connectivity index (χ3n) is 9.62. The molecule has 5 aromatic carbocycles. The van der Waals surface area contributed by atoms with Gasteiger partial charge in [0.1, 0.15) is 0 Å². The summed E-state index contributed by atoms with van der Waals surface area (Å²) in [4.78, 5) is 0. The standard InChI is InChI=1S/C21H25.C17H11Cl.C5H5.Zr/c1-20(2,3)16-9-7-14-11-15-8-10-17(21(4,5)6)13-19(15)18(14)12-16;18-16-10-8-13(9-11-16)12-15-6-3-5-14-4-1-2-7-17(14)15;1-2-4-5-3-1;/h7-13H,1-6H3;1-11H;1-3H,4H2;. The number of benzene rings is 5. The normalized spacial score (nSPS) is 15.2. The molecule has 0 heterocycles. The van der Waals surface area contributed by atoms with Gasteiger partial charge in [0.25, 0.3) is 0 Å². The Morgan fingerprint density at radius 2 is 1.29 bits per heavy atom. The first-order chi connectivity index (χ1) is 21.5. The average Bonchev–Trinajstić information content (AvgIpc) is 3.66. The predicted octanol–water partition coefficient (Wildman–Crippen LogP) is 11.9. The van der Waals surface area contributed by atoms with Crippen LogP contribution in [-0.2, 0) is 32.1 Å². The molecule has 0 amide bonds. The SMILES string of the molecule is CC(C)(C)c1ccc2c(c1)-c1cc(C(C)(C)C)ccc1[CH]2[Zr]([C]1=CC=CC1)=[C](c1ccc(Cl)cc1)c1cccc2ccccc12. The molecule has 0 bridgehead atoms. The Bertz CT molecular complexity index is 1970. The fourth-order valence-electron chi connectivity index (χ4n) is 7.15. The van der Waals surface area contributed by atoms with Gasteiger partial charge in [-0.15, -0.1) is 0 Å². The summed E-state index contributed by atoms with van der Waals surface area (Å²) in [5.41, 5.74) is 11.6. The van der Waals surface area contributed by atoms with E-state index in [1.807, 2.05) is 0 Å². The summed E-state index contributed by atoms with van der Waals surface area (Å²) in [6, 6.07) is 39.3. The molecule has 0 radical (unpaired) electrons. The molecular weight excluding hydrogens is 643 g/mol. The van der Waals surface area contributed by atoms with Crippen molar-refractivity contribution in [1.82, 2.24) is 0 Å². The number of rotatable bonds is 4. The van der Waals surface area contributed by atoms with Crippen molar-refractivity contribution >= 4 is 25.6 Å². The fourth-order valence-corrected chi connectivity index (χ4v) is 16.4. The van der Waals surface area contributed by atoms with Crippen molar-refractivity contribution in [1.29, 1.82) is 0 Å². The first-order valence-corrected chi connectivity index (χ1v) is 20.4. The van der Waals surface area contributed by atoms with E-state index in [9.17, 15) is 0 Å². The van der Waals surface area contributed by atoms with Gasteiger partial charge in [-0.25, -0.2) is 0 Å². The molecule has 5 aromatic rings. The van der Waals surface area contributed by atoms with E-state index >= 15 is 0 Å². The monoisotopic (exact) mass is 682 g/mol. The van der Waals surface area contributed by atoms with E-state index in [0.29, 0.717) is 3.63 Å². The summed E-state index contributed by atoms with van der Waals surface area (Å²) >= 11 is 3.70. The van der Waals surface area contributed by atoms with Crippen LogP contribution in [0.2, 0.25) is 5.02 Å². The van der Waals surface area contributed by atoms with Gasteiger partial charge in [-0.3, -0.25) is 0 Å². The van der Waals surface area contributed by atoms with Crippen LogP contribution in [0.15, 0.2) is 125 Å². The number of halogens is 1. The van der Waals surface area contributed by atoms with Crippen molar-refractivity contribution in [2.24, 2.45) is 0 Å². The van der Waals surface area contributed by atoms with E-state index < -0.39 is 21.3 Å². The molecule has 0 nitrogen and oxygen atoms in total. The van der Waals surface area contributed by atoms with Crippen molar-refractivity contribution in [3.05, 3.63) is 163 Å². The van der Waals surface area contributed by atoms with Gasteiger partial charge >= 0.3 is 283 Å². The van der Waals surface area contributed by atoms with Gasteiger partial charge in [0.2, 0.25) is 0 Å². The maximum atomic E-state index is 6.51. The molecule has 0 atom stereocenters. The molecular formula is C43H41ClZr. The minimum absolute atomic E-state index is 0.0813. The van der Waals surface area contributed by atoms with E-state index in [1.165, 1.54) is 55.3 Å². The van der Waals surface area contributed by atoms with Crippen molar-refractivity contribution in [2.45, 2.75) is 62.4 Å². The molecule has 45 heavy (non-hydrogen) atoms. The zero-order valence-corrected chi connectivity index (χ0v) is 30.4. The first kappa shape index (κ1) is 30.5. The van der Waals surface area contributed by atoms with Crippen molar-refractivity contribution in [2.75, 3.05) is 0 Å². The van der Waals surface area contributed by atoms with Crippen LogP contribution in [0.25, 0.3) is 21.9 Å². The first-order valence-electron chi connectivity index (χ1n) is 16.1. The van der Waals surface area contributed by atoms with Crippen LogP contribution in [0.3, 0.4) is 0 Å². The van der Waals surface area contributed by atoms with Gasteiger partial charge in [-0.05, 0) is 0 Å². The Kier molecular flexibility index (Phi) is 7.87. The van der Waals surface area contributed by atoms with Crippen LogP contribution in [-0.4, -0.2) is 3.21 Å². The molecule has 0 saturated carbocycles. The molecule has 0 N–H and O–H groups in total. The Hall–Kier alpha value is -3.12. The van der Waals surface area contributed by atoms with E-state index in [2.05, 4.69) is 163 Å². The molecule has 7 rings (SSSR count). The third-order valence-corrected chi connectivity index (χ3v) is 18.1. The second-order valence-electron chi connectivity index (χ2n) is 14.7. The molecule has 0 aromatic heterocycles. The van der Waals surface area contributed by atoms with Gasteiger partial charge in [-0.1, -0.05) is 0 Å². The molecule has 2 aliphatic rings. The number of hydrogen-bond acceptors (Lipinski definition) is 0. The van der Waals surface area contributed by atoms with Crippen LogP contribution < -0.4 is 0 Å². The Labute approximate surface area is 281 Å². The van der Waals surface area contributed by atoms with E-state index in [0.717, 1.165) is 11.4 Å². The zero-order chi connectivity index (χ0) is 31.5. The van der Waals surface area contributed by atoms with Crippen LogP contribution >= 0.6 is 11.6 Å². The molecule has 0 aliphatic heterocycles. The van der Waals surface area contributed by atoms with Crippen molar-refractivity contribution < 1.29 is 21.3 Å². The quantitative estimate of drug-likeness (QED) is 0.177. The maximum absolute atomic E-state index is 6.51. The summed E-state index contributed by atoms with van der Waals surface area (Å²) < 4.78 is 3.58. The second kappa shape index (κ2) is 11.6. The van der Waals surface area contributed by atoms with E-state index in [-0.39, 0.29) is 10.8 Å². The van der Waals surface area contributed by atoms with Crippen molar-refractivity contribution in [3.8, 4) is 11.1 Å². The summed E-state index contributed by atoms with van der Waals surface area (Å²) in [5, 5.41) is 3.41. The third kappa shape index (κ3) is 5.62. The molecule has 2 aliphatic carbocycles. The second-order valence-corrected chi connectivity index (χ2v) is 21.4. The van der Waals surface area contributed by atoms with Crippen LogP contribution in [0.5, 0.6) is 0 Å². The van der Waals surface area contributed by atoms with Crippen LogP contribution in [0, 0.1) is 0 Å². The van der Waals surface area contributed by atoms with E-state index in [4.69, 9.17) is 11.6 Å². The van der Waals surface area contributed by atoms with Crippen molar-refractivity contribution in [3.63, 3.8) is 0 Å². The molecule has 0 fully saturated rings. The molecule has 0 saturated heterocycles.